The van der Waals surface area contributed by atoms with E-state index in [2.05, 4.69) is 0 Å². The summed E-state index contributed by atoms with van der Waals surface area (Å²) in [5, 5.41) is 29.3. The van der Waals surface area contributed by atoms with Gasteiger partial charge in [0.1, 0.15) is 5.75 Å². The molecule has 0 radical (unpaired) electrons. The van der Waals surface area contributed by atoms with Crippen molar-refractivity contribution in [3.05, 3.63) is 124 Å². The molecule has 1 aliphatic rings. The molecular weight excluding hydrogens is 582 g/mol. The first-order valence-electron chi connectivity index (χ1n) is 13.8. The molecule has 0 aliphatic heterocycles. The highest BCUT2D eigenvalue weighted by Gasteiger charge is 2.33. The van der Waals surface area contributed by atoms with E-state index in [0.717, 1.165) is 57.2 Å². The topological polar surface area (TPSA) is 141 Å². The van der Waals surface area contributed by atoms with Crippen LogP contribution in [0, 0.1) is 0 Å². The van der Waals surface area contributed by atoms with Gasteiger partial charge < -0.3 is 25.0 Å². The third-order valence-corrected chi connectivity index (χ3v) is 8.60. The van der Waals surface area contributed by atoms with E-state index < -0.39 is 46.5 Å². The molecule has 5 rings (SSSR count). The van der Waals surface area contributed by atoms with Crippen LogP contribution in [0.2, 0.25) is 0 Å². The first-order chi connectivity index (χ1) is 21.2. The molecule has 1 aliphatic carbocycles. The number of carbonyl (C=O) groups excluding carboxylic acids is 1. The minimum absolute atomic E-state index is 0.108. The van der Waals surface area contributed by atoms with Crippen molar-refractivity contribution in [2.24, 2.45) is 0 Å². The Hall–Kier alpha value is -5.09. The van der Waals surface area contributed by atoms with Gasteiger partial charge in [-0.05, 0) is 84.5 Å². The van der Waals surface area contributed by atoms with Crippen LogP contribution in [0.4, 0.5) is 0 Å². The number of aryl methyl sites for hydroxylation is 1. The van der Waals surface area contributed by atoms with E-state index in [-0.39, 0.29) is 12.1 Å². The summed E-state index contributed by atoms with van der Waals surface area (Å²) >= 11 is 1.54. The highest BCUT2D eigenvalue weighted by atomic mass is 32.2. The first kappa shape index (κ1) is 30.4. The van der Waals surface area contributed by atoms with Crippen molar-refractivity contribution < 1.29 is 39.2 Å². The number of rotatable bonds is 10. The molecule has 0 unspecified atom stereocenters. The maximum Gasteiger partial charge on any atom is 0.336 e. The van der Waals surface area contributed by atoms with Gasteiger partial charge in [-0.3, -0.25) is 4.79 Å². The fourth-order valence-corrected chi connectivity index (χ4v) is 6.42. The van der Waals surface area contributed by atoms with Crippen LogP contribution < -0.4 is 4.74 Å². The molecule has 0 saturated heterocycles. The Kier molecular flexibility index (Phi) is 9.01. The van der Waals surface area contributed by atoms with Gasteiger partial charge in [0.2, 0.25) is 0 Å². The zero-order chi connectivity index (χ0) is 31.4. The van der Waals surface area contributed by atoms with Crippen molar-refractivity contribution in [3.63, 3.8) is 0 Å². The Labute approximate surface area is 257 Å². The molecule has 0 aromatic heterocycles. The number of benzene rings is 4. The van der Waals surface area contributed by atoms with Gasteiger partial charge in [0, 0.05) is 16.3 Å². The molecule has 224 valence electrons. The van der Waals surface area contributed by atoms with E-state index in [1.54, 1.807) is 12.0 Å². The Bertz CT molecular complexity index is 1750. The van der Waals surface area contributed by atoms with Crippen molar-refractivity contribution in [1.29, 1.82) is 0 Å². The normalized spacial score (nSPS) is 13.9. The summed E-state index contributed by atoms with van der Waals surface area (Å²) < 4.78 is 5.24. The van der Waals surface area contributed by atoms with E-state index in [4.69, 9.17) is 4.74 Å². The molecule has 0 saturated carbocycles. The largest absolute Gasteiger partial charge is 0.497 e. The molecule has 0 heterocycles. The van der Waals surface area contributed by atoms with Gasteiger partial charge in [-0.25, -0.2) is 14.4 Å². The molecule has 1 atom stereocenters. The maximum atomic E-state index is 14.4. The molecule has 0 bridgehead atoms. The number of methoxy groups -OCH3 is 1. The zero-order valence-corrected chi connectivity index (χ0v) is 24.5. The van der Waals surface area contributed by atoms with Gasteiger partial charge in [0.25, 0.3) is 5.91 Å². The average Bonchev–Trinajstić information content (AvgIpc) is 3.03. The van der Waals surface area contributed by atoms with Crippen LogP contribution >= 0.6 is 11.8 Å². The number of carboxylic acid groups (broad SMARTS) is 3. The monoisotopic (exact) mass is 611 g/mol. The van der Waals surface area contributed by atoms with Crippen LogP contribution in [-0.2, 0) is 13.0 Å². The lowest BCUT2D eigenvalue weighted by Crippen LogP contribution is -2.37. The number of nitrogens with zero attached hydrogens (tertiary/aromatic N) is 1. The van der Waals surface area contributed by atoms with Crippen molar-refractivity contribution >= 4 is 35.6 Å². The summed E-state index contributed by atoms with van der Waals surface area (Å²) in [6.45, 7) is 0.108. The summed E-state index contributed by atoms with van der Waals surface area (Å²) in [6.07, 6.45) is 2.24. The Balaban J connectivity index is 1.58. The zero-order valence-electron chi connectivity index (χ0n) is 23.7. The fraction of sp³-hybridized carbons (Fsp3) is 0.176. The molecule has 1 amide bonds. The number of amides is 1. The third kappa shape index (κ3) is 6.45. The van der Waals surface area contributed by atoms with Crippen LogP contribution in [0.25, 0.3) is 0 Å². The Morgan fingerprint density at radius 2 is 1.41 bits per heavy atom. The van der Waals surface area contributed by atoms with Gasteiger partial charge in [0.05, 0.1) is 35.4 Å². The first-order valence-corrected chi connectivity index (χ1v) is 14.7. The number of hydrogen-bond acceptors (Lipinski definition) is 6. The van der Waals surface area contributed by atoms with Crippen molar-refractivity contribution in [2.75, 3.05) is 7.11 Å². The average molecular weight is 612 g/mol. The van der Waals surface area contributed by atoms with Crippen LogP contribution in [0.1, 0.15) is 77.0 Å². The Morgan fingerprint density at radius 1 is 0.773 bits per heavy atom. The number of aromatic carboxylic acids is 3. The van der Waals surface area contributed by atoms with Crippen LogP contribution in [0.15, 0.2) is 94.7 Å². The molecule has 10 heteroatoms. The van der Waals surface area contributed by atoms with Crippen molar-refractivity contribution in [1.82, 2.24) is 4.90 Å². The summed E-state index contributed by atoms with van der Waals surface area (Å²) in [7, 11) is 1.60. The second-order valence-electron chi connectivity index (χ2n) is 10.3. The highest BCUT2D eigenvalue weighted by Crippen LogP contribution is 2.37. The minimum atomic E-state index is -1.60. The van der Waals surface area contributed by atoms with E-state index in [9.17, 15) is 34.5 Å². The van der Waals surface area contributed by atoms with E-state index in [1.165, 1.54) is 11.8 Å². The molecule has 0 spiro atoms. The van der Waals surface area contributed by atoms with Crippen LogP contribution in [-0.4, -0.2) is 51.1 Å². The lowest BCUT2D eigenvalue weighted by Gasteiger charge is -2.36. The van der Waals surface area contributed by atoms with Gasteiger partial charge in [0.15, 0.2) is 0 Å². The molecule has 0 fully saturated rings. The standard InChI is InChI=1S/C34H29NO8S/c1-43-22-12-14-23(15-13-22)44-24-9-4-6-20(16-24)19-35(30-11-5-8-21-7-2-3-10-25(21)30)31(36)26-17-28(33(39)40)29(34(41)42)18-27(26)32(37)38/h2-4,6-7,9-10,12-18,30H,5,8,11,19H2,1H3,(H,37,38)(H,39,40)(H,41,42)/t30-/m0/s1. The molecule has 3 N–H and O–H groups in total. The predicted molar refractivity (Wildman–Crippen MR) is 163 cm³/mol. The van der Waals surface area contributed by atoms with Crippen LogP contribution in [0.3, 0.4) is 0 Å². The molecular formula is C34H29NO8S. The van der Waals surface area contributed by atoms with Gasteiger partial charge in [-0.2, -0.15) is 0 Å². The predicted octanol–water partition coefficient (Wildman–Crippen LogP) is 6.66. The number of ether oxygens (including phenoxy) is 1. The number of carbonyl (C=O) groups is 4. The molecule has 4 aromatic carbocycles. The maximum absolute atomic E-state index is 14.4. The molecule has 44 heavy (non-hydrogen) atoms. The minimum Gasteiger partial charge on any atom is -0.497 e. The lowest BCUT2D eigenvalue weighted by molar-refractivity contribution is 0.0611. The summed E-state index contributed by atoms with van der Waals surface area (Å²) in [5.41, 5.74) is 0.487. The number of hydrogen-bond donors (Lipinski definition) is 3. The second kappa shape index (κ2) is 13.0. The second-order valence-corrected chi connectivity index (χ2v) is 11.5. The third-order valence-electron chi connectivity index (χ3n) is 7.60. The quantitative estimate of drug-likeness (QED) is 0.179. The van der Waals surface area contributed by atoms with Crippen LogP contribution in [0.5, 0.6) is 5.75 Å². The van der Waals surface area contributed by atoms with Gasteiger partial charge in [-0.1, -0.05) is 48.2 Å². The number of carboxylic acids is 3. The highest BCUT2D eigenvalue weighted by molar-refractivity contribution is 7.99. The van der Waals surface area contributed by atoms with Crippen molar-refractivity contribution in [3.8, 4) is 5.75 Å². The SMILES string of the molecule is COc1ccc(Sc2cccc(CN(C(=O)c3cc(C(=O)O)c(C(=O)O)cc3C(=O)O)[C@H]3CCCc4ccccc43)c2)cc1. The summed E-state index contributed by atoms with van der Waals surface area (Å²) in [4.78, 5) is 53.9. The molecule has 9 nitrogen and oxygen atoms in total. The van der Waals surface area contributed by atoms with E-state index in [0.29, 0.717) is 6.42 Å². The van der Waals surface area contributed by atoms with Gasteiger partial charge in [-0.15, -0.1) is 0 Å². The smallest absolute Gasteiger partial charge is 0.336 e. The summed E-state index contributed by atoms with van der Waals surface area (Å²) in [5.74, 6) is -4.67. The summed E-state index contributed by atoms with van der Waals surface area (Å²) in [6, 6.07) is 24.3. The van der Waals surface area contributed by atoms with E-state index in [1.807, 2.05) is 72.8 Å². The lowest BCUT2D eigenvalue weighted by atomic mass is 9.86. The van der Waals surface area contributed by atoms with E-state index >= 15 is 0 Å². The number of fused-ring (bicyclic) bond motifs is 1. The molecule has 4 aromatic rings. The van der Waals surface area contributed by atoms with Gasteiger partial charge >= 0.3 is 17.9 Å². The van der Waals surface area contributed by atoms with Crippen molar-refractivity contribution in [2.45, 2.75) is 41.6 Å². The Morgan fingerprint density at radius 3 is 2.07 bits per heavy atom. The fourth-order valence-electron chi connectivity index (χ4n) is 5.52.